The van der Waals surface area contributed by atoms with E-state index >= 15 is 0 Å². The third-order valence-corrected chi connectivity index (χ3v) is 4.31. The molecule has 1 N–H and O–H groups in total. The number of hydrogen-bond acceptors (Lipinski definition) is 3. The summed E-state index contributed by atoms with van der Waals surface area (Å²) in [6, 6.07) is 1.30. The minimum atomic E-state index is -0.383. The van der Waals surface area contributed by atoms with Crippen LogP contribution in [0.3, 0.4) is 0 Å². The number of ether oxygens (including phenoxy) is 1. The minimum absolute atomic E-state index is 0.133. The molecular formula is C13H22N2O2. The van der Waals surface area contributed by atoms with E-state index in [9.17, 15) is 4.79 Å². The highest BCUT2D eigenvalue weighted by molar-refractivity contribution is 5.68. The van der Waals surface area contributed by atoms with E-state index in [1.807, 2.05) is 25.7 Å². The van der Waals surface area contributed by atoms with Crippen molar-refractivity contribution in [3.05, 3.63) is 0 Å². The van der Waals surface area contributed by atoms with E-state index in [0.29, 0.717) is 23.9 Å². The summed E-state index contributed by atoms with van der Waals surface area (Å²) in [5, 5.41) is 3.66. The molecule has 96 valence electrons. The van der Waals surface area contributed by atoms with Crippen molar-refractivity contribution in [1.82, 2.24) is 10.2 Å². The molecule has 0 aromatic carbocycles. The summed E-state index contributed by atoms with van der Waals surface area (Å²) in [5.41, 5.74) is -0.383. The zero-order chi connectivity index (χ0) is 12.2. The molecule has 4 atom stereocenters. The second-order valence-corrected chi connectivity index (χ2v) is 6.67. The van der Waals surface area contributed by atoms with Gasteiger partial charge >= 0.3 is 6.09 Å². The van der Waals surface area contributed by atoms with Crippen LogP contribution in [-0.4, -0.2) is 41.8 Å². The third-order valence-electron chi connectivity index (χ3n) is 4.31. The van der Waals surface area contributed by atoms with Crippen LogP contribution in [0.15, 0.2) is 0 Å². The van der Waals surface area contributed by atoms with Crippen molar-refractivity contribution < 1.29 is 9.53 Å². The van der Waals surface area contributed by atoms with Gasteiger partial charge in [-0.05, 0) is 45.4 Å². The van der Waals surface area contributed by atoms with Crippen LogP contribution in [0.4, 0.5) is 4.79 Å². The Balaban J connectivity index is 1.63. The molecule has 4 heteroatoms. The lowest BCUT2D eigenvalue weighted by molar-refractivity contribution is 0.0278. The van der Waals surface area contributed by atoms with Crippen molar-refractivity contribution >= 4 is 6.09 Å². The fourth-order valence-corrected chi connectivity index (χ4v) is 3.66. The Hall–Kier alpha value is -0.770. The molecule has 0 saturated carbocycles. The van der Waals surface area contributed by atoms with E-state index in [2.05, 4.69) is 5.32 Å². The van der Waals surface area contributed by atoms with Gasteiger partial charge in [0, 0.05) is 25.2 Å². The zero-order valence-corrected chi connectivity index (χ0v) is 10.9. The number of nitrogens with one attached hydrogen (secondary N) is 1. The molecule has 2 bridgehead atoms. The van der Waals surface area contributed by atoms with Crippen LogP contribution in [0, 0.1) is 11.8 Å². The first-order chi connectivity index (χ1) is 7.94. The number of fused-ring (bicyclic) bond motifs is 5. The number of rotatable bonds is 0. The summed E-state index contributed by atoms with van der Waals surface area (Å²) in [7, 11) is 0. The van der Waals surface area contributed by atoms with Gasteiger partial charge in [0.15, 0.2) is 0 Å². The standard InChI is InChI=1S/C13H22N2O2/c1-13(2,3)17-12(16)15-6-8-9(7-15)11-5-4-10(8)14-11/h8-11,14H,4-7H2,1-3H3. The molecule has 4 nitrogen and oxygen atoms in total. The van der Waals surface area contributed by atoms with Gasteiger partial charge in [0.25, 0.3) is 0 Å². The smallest absolute Gasteiger partial charge is 0.410 e. The normalized spacial score (nSPS) is 39.6. The van der Waals surface area contributed by atoms with E-state index in [1.54, 1.807) is 0 Å². The van der Waals surface area contributed by atoms with Crippen LogP contribution in [0.1, 0.15) is 33.6 Å². The van der Waals surface area contributed by atoms with Crippen LogP contribution in [0.5, 0.6) is 0 Å². The Morgan fingerprint density at radius 2 is 1.71 bits per heavy atom. The molecule has 0 spiro atoms. The SMILES string of the molecule is CC(C)(C)OC(=O)N1CC2C3CCC(N3)C2C1. The fourth-order valence-electron chi connectivity index (χ4n) is 3.66. The van der Waals surface area contributed by atoms with Gasteiger partial charge in [0.1, 0.15) is 5.60 Å². The number of carbonyl (C=O) groups is 1. The predicted molar refractivity (Wildman–Crippen MR) is 64.7 cm³/mol. The van der Waals surface area contributed by atoms with E-state index in [-0.39, 0.29) is 11.7 Å². The van der Waals surface area contributed by atoms with Crippen molar-refractivity contribution in [3.8, 4) is 0 Å². The molecule has 0 aromatic heterocycles. The van der Waals surface area contributed by atoms with Gasteiger partial charge in [-0.3, -0.25) is 0 Å². The molecule has 3 aliphatic heterocycles. The average Bonchev–Trinajstić information content (AvgIpc) is 2.87. The summed E-state index contributed by atoms with van der Waals surface area (Å²) < 4.78 is 5.44. The first-order valence-corrected chi connectivity index (χ1v) is 6.68. The van der Waals surface area contributed by atoms with Gasteiger partial charge in [-0.1, -0.05) is 0 Å². The Bertz CT molecular complexity index is 319. The summed E-state index contributed by atoms with van der Waals surface area (Å²) in [4.78, 5) is 13.9. The summed E-state index contributed by atoms with van der Waals surface area (Å²) >= 11 is 0. The quantitative estimate of drug-likeness (QED) is 0.697. The Morgan fingerprint density at radius 3 is 2.18 bits per heavy atom. The van der Waals surface area contributed by atoms with Crippen LogP contribution in [0.2, 0.25) is 0 Å². The van der Waals surface area contributed by atoms with E-state index < -0.39 is 0 Å². The molecule has 4 unspecified atom stereocenters. The zero-order valence-electron chi connectivity index (χ0n) is 10.9. The minimum Gasteiger partial charge on any atom is -0.444 e. The molecular weight excluding hydrogens is 216 g/mol. The number of carbonyl (C=O) groups excluding carboxylic acids is 1. The van der Waals surface area contributed by atoms with Crippen LogP contribution in [-0.2, 0) is 4.74 Å². The lowest BCUT2D eigenvalue weighted by Gasteiger charge is -2.25. The van der Waals surface area contributed by atoms with E-state index in [4.69, 9.17) is 4.74 Å². The molecule has 0 aromatic rings. The van der Waals surface area contributed by atoms with E-state index in [1.165, 1.54) is 12.8 Å². The predicted octanol–water partition coefficient (Wildman–Crippen LogP) is 1.60. The molecule has 3 fully saturated rings. The van der Waals surface area contributed by atoms with Crippen molar-refractivity contribution in [2.75, 3.05) is 13.1 Å². The monoisotopic (exact) mass is 238 g/mol. The maximum Gasteiger partial charge on any atom is 0.410 e. The van der Waals surface area contributed by atoms with Gasteiger partial charge in [-0.15, -0.1) is 0 Å². The number of likely N-dealkylation sites (tertiary alicyclic amines) is 1. The third kappa shape index (κ3) is 1.92. The van der Waals surface area contributed by atoms with Gasteiger partial charge in [-0.25, -0.2) is 4.79 Å². The molecule has 3 heterocycles. The second-order valence-electron chi connectivity index (χ2n) is 6.67. The van der Waals surface area contributed by atoms with Crippen molar-refractivity contribution in [2.45, 2.75) is 51.3 Å². The highest BCUT2D eigenvalue weighted by atomic mass is 16.6. The first kappa shape index (κ1) is 11.3. The lowest BCUT2D eigenvalue weighted by atomic mass is 9.82. The second kappa shape index (κ2) is 3.61. The Labute approximate surface area is 103 Å². The van der Waals surface area contributed by atoms with Crippen molar-refractivity contribution in [2.24, 2.45) is 11.8 Å². The molecule has 17 heavy (non-hydrogen) atoms. The Kier molecular flexibility index (Phi) is 2.41. The topological polar surface area (TPSA) is 41.6 Å². The molecule has 0 aliphatic carbocycles. The van der Waals surface area contributed by atoms with Gasteiger partial charge in [0.05, 0.1) is 0 Å². The van der Waals surface area contributed by atoms with Gasteiger partial charge in [0.2, 0.25) is 0 Å². The fraction of sp³-hybridized carbons (Fsp3) is 0.923. The molecule has 0 radical (unpaired) electrons. The highest BCUT2D eigenvalue weighted by Gasteiger charge is 2.52. The lowest BCUT2D eigenvalue weighted by Crippen LogP contribution is -2.38. The largest absolute Gasteiger partial charge is 0.444 e. The maximum atomic E-state index is 12.0. The first-order valence-electron chi connectivity index (χ1n) is 6.68. The molecule has 1 amide bonds. The maximum absolute atomic E-state index is 12.0. The molecule has 3 saturated heterocycles. The number of amides is 1. The Morgan fingerprint density at radius 1 is 1.18 bits per heavy atom. The highest BCUT2D eigenvalue weighted by Crippen LogP contribution is 2.43. The summed E-state index contributed by atoms with van der Waals surface area (Å²) in [6.45, 7) is 7.54. The summed E-state index contributed by atoms with van der Waals surface area (Å²) in [5.74, 6) is 1.34. The van der Waals surface area contributed by atoms with Crippen LogP contribution < -0.4 is 5.32 Å². The van der Waals surface area contributed by atoms with E-state index in [0.717, 1.165) is 13.1 Å². The van der Waals surface area contributed by atoms with Gasteiger partial charge < -0.3 is 15.0 Å². The van der Waals surface area contributed by atoms with Crippen molar-refractivity contribution in [3.63, 3.8) is 0 Å². The van der Waals surface area contributed by atoms with Gasteiger partial charge in [-0.2, -0.15) is 0 Å². The average molecular weight is 238 g/mol. The molecule has 3 aliphatic rings. The number of nitrogens with zero attached hydrogens (tertiary/aromatic N) is 1. The molecule has 3 rings (SSSR count). The van der Waals surface area contributed by atoms with Crippen LogP contribution in [0.25, 0.3) is 0 Å². The summed E-state index contributed by atoms with van der Waals surface area (Å²) in [6.07, 6.45) is 2.44. The van der Waals surface area contributed by atoms with Crippen molar-refractivity contribution in [1.29, 1.82) is 0 Å². The van der Waals surface area contributed by atoms with Crippen LogP contribution >= 0.6 is 0 Å². The number of hydrogen-bond donors (Lipinski definition) is 1.